The van der Waals surface area contributed by atoms with Crippen molar-refractivity contribution in [1.29, 1.82) is 0 Å². The van der Waals surface area contributed by atoms with E-state index in [0.29, 0.717) is 28.2 Å². The molecule has 2 aromatic carbocycles. The van der Waals surface area contributed by atoms with Gasteiger partial charge in [0.1, 0.15) is 5.75 Å². The first kappa shape index (κ1) is 20.9. The second-order valence-corrected chi connectivity index (χ2v) is 7.71. The molecule has 0 aliphatic carbocycles. The molecular formula is C22H21ClN4O4. The minimum Gasteiger partial charge on any atom is -0.495 e. The van der Waals surface area contributed by atoms with Gasteiger partial charge in [-0.25, -0.2) is 0 Å². The van der Waals surface area contributed by atoms with Gasteiger partial charge in [0, 0.05) is 23.6 Å². The van der Waals surface area contributed by atoms with Gasteiger partial charge in [0.05, 0.1) is 25.3 Å². The van der Waals surface area contributed by atoms with E-state index in [2.05, 4.69) is 15.5 Å². The number of aromatic nitrogens is 2. The first-order valence-corrected chi connectivity index (χ1v) is 10.1. The fourth-order valence-corrected chi connectivity index (χ4v) is 3.71. The molecule has 2 heterocycles. The van der Waals surface area contributed by atoms with Crippen LogP contribution in [0.15, 0.2) is 47.0 Å². The number of aryl methyl sites for hydroxylation is 1. The molecule has 4 rings (SSSR count). The van der Waals surface area contributed by atoms with E-state index in [1.54, 1.807) is 18.2 Å². The molecule has 160 valence electrons. The van der Waals surface area contributed by atoms with Gasteiger partial charge in [-0.3, -0.25) is 9.59 Å². The minimum atomic E-state index is -0.501. The summed E-state index contributed by atoms with van der Waals surface area (Å²) in [6.07, 6.45) is 0.0994. The average molecular weight is 441 g/mol. The van der Waals surface area contributed by atoms with E-state index in [-0.39, 0.29) is 31.3 Å². The van der Waals surface area contributed by atoms with E-state index in [4.69, 9.17) is 20.9 Å². The van der Waals surface area contributed by atoms with Crippen LogP contribution in [0.4, 0.5) is 5.69 Å². The normalized spacial score (nSPS) is 15.9. The Labute approximate surface area is 184 Å². The number of nitrogens with zero attached hydrogens (tertiary/aromatic N) is 3. The molecule has 0 spiro atoms. The number of nitrogens with one attached hydrogen (secondary N) is 1. The maximum atomic E-state index is 12.7. The molecule has 1 N–H and O–H groups in total. The van der Waals surface area contributed by atoms with Gasteiger partial charge in [0.15, 0.2) is 5.82 Å². The monoisotopic (exact) mass is 440 g/mol. The number of methoxy groups -OCH3 is 1. The summed E-state index contributed by atoms with van der Waals surface area (Å²) in [4.78, 5) is 31.1. The molecule has 1 aromatic heterocycles. The van der Waals surface area contributed by atoms with Crippen LogP contribution in [-0.4, -0.2) is 35.6 Å². The average Bonchev–Trinajstić information content (AvgIpc) is 3.39. The molecule has 1 unspecified atom stereocenters. The van der Waals surface area contributed by atoms with Crippen molar-refractivity contribution in [2.75, 3.05) is 18.6 Å². The van der Waals surface area contributed by atoms with Gasteiger partial charge >= 0.3 is 0 Å². The molecule has 8 nitrogen and oxygen atoms in total. The fraction of sp³-hybridized carbons (Fsp3) is 0.273. The van der Waals surface area contributed by atoms with Crippen molar-refractivity contribution in [2.24, 2.45) is 5.92 Å². The van der Waals surface area contributed by atoms with Crippen LogP contribution in [0.1, 0.15) is 17.8 Å². The maximum Gasteiger partial charge on any atom is 0.258 e. The maximum absolute atomic E-state index is 12.7. The quantitative estimate of drug-likeness (QED) is 0.631. The molecule has 1 atom stereocenters. The van der Waals surface area contributed by atoms with Gasteiger partial charge in [0.25, 0.3) is 5.89 Å². The van der Waals surface area contributed by atoms with Crippen molar-refractivity contribution < 1.29 is 18.8 Å². The summed E-state index contributed by atoms with van der Waals surface area (Å²) in [5.74, 6) is 0.372. The number of hydrogen-bond donors (Lipinski definition) is 1. The summed E-state index contributed by atoms with van der Waals surface area (Å²) in [6.45, 7) is 2.31. The first-order valence-electron chi connectivity index (χ1n) is 9.76. The molecule has 1 saturated heterocycles. The summed E-state index contributed by atoms with van der Waals surface area (Å²) >= 11 is 6.08. The lowest BCUT2D eigenvalue weighted by molar-refractivity contribution is -0.126. The second kappa shape index (κ2) is 8.77. The predicted octanol–water partition coefficient (Wildman–Crippen LogP) is 3.38. The standard InChI is InChI=1S/C22H21ClN4O4/c1-13-5-3-4-6-16(13)22-25-19(26-31-22)11-24-21(29)14-9-20(28)27(12-14)17-10-15(23)7-8-18(17)30-2/h3-8,10,14H,9,11-12H2,1-2H3,(H,24,29). The van der Waals surface area contributed by atoms with Gasteiger partial charge in [-0.15, -0.1) is 0 Å². The Balaban J connectivity index is 1.40. The smallest absolute Gasteiger partial charge is 0.258 e. The predicted molar refractivity (Wildman–Crippen MR) is 115 cm³/mol. The van der Waals surface area contributed by atoms with Gasteiger partial charge in [0.2, 0.25) is 11.8 Å². The number of anilines is 1. The zero-order valence-electron chi connectivity index (χ0n) is 17.1. The third-order valence-electron chi connectivity index (χ3n) is 5.19. The number of benzene rings is 2. The molecule has 9 heteroatoms. The molecule has 0 radical (unpaired) electrons. The highest BCUT2D eigenvalue weighted by Crippen LogP contribution is 2.35. The zero-order chi connectivity index (χ0) is 22.0. The molecule has 0 bridgehead atoms. The Morgan fingerprint density at radius 1 is 1.32 bits per heavy atom. The Morgan fingerprint density at radius 2 is 2.13 bits per heavy atom. The Kier molecular flexibility index (Phi) is 5.90. The van der Waals surface area contributed by atoms with Crippen molar-refractivity contribution in [3.05, 3.63) is 58.9 Å². The molecule has 31 heavy (non-hydrogen) atoms. The number of rotatable bonds is 6. The minimum absolute atomic E-state index is 0.0994. The second-order valence-electron chi connectivity index (χ2n) is 7.27. The lowest BCUT2D eigenvalue weighted by atomic mass is 10.1. The Bertz CT molecular complexity index is 1130. The van der Waals surface area contributed by atoms with E-state index in [9.17, 15) is 9.59 Å². The van der Waals surface area contributed by atoms with Gasteiger partial charge in [-0.2, -0.15) is 4.98 Å². The largest absolute Gasteiger partial charge is 0.495 e. The van der Waals surface area contributed by atoms with Crippen LogP contribution in [0.2, 0.25) is 5.02 Å². The van der Waals surface area contributed by atoms with E-state index < -0.39 is 5.92 Å². The summed E-state index contributed by atoms with van der Waals surface area (Å²) < 4.78 is 10.6. The zero-order valence-corrected chi connectivity index (χ0v) is 17.8. The lowest BCUT2D eigenvalue weighted by Crippen LogP contribution is -2.33. The van der Waals surface area contributed by atoms with Crippen LogP contribution in [0, 0.1) is 12.8 Å². The fourth-order valence-electron chi connectivity index (χ4n) is 3.55. The van der Waals surface area contributed by atoms with Crippen molar-refractivity contribution in [3.63, 3.8) is 0 Å². The van der Waals surface area contributed by atoms with E-state index in [0.717, 1.165) is 11.1 Å². The van der Waals surface area contributed by atoms with Crippen molar-refractivity contribution in [1.82, 2.24) is 15.5 Å². The number of carbonyl (C=O) groups is 2. The van der Waals surface area contributed by atoms with Crippen LogP contribution in [0.5, 0.6) is 5.75 Å². The molecule has 3 aromatic rings. The summed E-state index contributed by atoms with van der Waals surface area (Å²) in [5.41, 5.74) is 2.42. The SMILES string of the molecule is COc1ccc(Cl)cc1N1CC(C(=O)NCc2noc(-c3ccccc3C)n2)CC1=O. The van der Waals surface area contributed by atoms with E-state index in [1.165, 1.54) is 12.0 Å². The summed E-state index contributed by atoms with van der Waals surface area (Å²) in [6, 6.07) is 12.7. The first-order chi connectivity index (χ1) is 15.0. The van der Waals surface area contributed by atoms with E-state index >= 15 is 0 Å². The highest BCUT2D eigenvalue weighted by molar-refractivity contribution is 6.31. The molecule has 1 aliphatic rings. The lowest BCUT2D eigenvalue weighted by Gasteiger charge is -2.19. The molecule has 0 saturated carbocycles. The highest BCUT2D eigenvalue weighted by Gasteiger charge is 2.36. The highest BCUT2D eigenvalue weighted by atomic mass is 35.5. The molecular weight excluding hydrogens is 420 g/mol. The van der Waals surface area contributed by atoms with Gasteiger partial charge < -0.3 is 19.5 Å². The van der Waals surface area contributed by atoms with Crippen molar-refractivity contribution in [3.8, 4) is 17.2 Å². The topological polar surface area (TPSA) is 97.6 Å². The summed E-state index contributed by atoms with van der Waals surface area (Å²) in [7, 11) is 1.52. The van der Waals surface area contributed by atoms with Crippen molar-refractivity contribution in [2.45, 2.75) is 19.9 Å². The van der Waals surface area contributed by atoms with Crippen LogP contribution < -0.4 is 15.0 Å². The number of ether oxygens (including phenoxy) is 1. The summed E-state index contributed by atoms with van der Waals surface area (Å²) in [5, 5.41) is 7.21. The number of hydrogen-bond acceptors (Lipinski definition) is 6. The number of amides is 2. The van der Waals surface area contributed by atoms with E-state index in [1.807, 2.05) is 31.2 Å². The third-order valence-corrected chi connectivity index (χ3v) is 5.43. The third kappa shape index (κ3) is 4.39. The van der Waals surface area contributed by atoms with Crippen LogP contribution in [-0.2, 0) is 16.1 Å². The van der Waals surface area contributed by atoms with Crippen molar-refractivity contribution >= 4 is 29.1 Å². The van der Waals surface area contributed by atoms with Crippen LogP contribution in [0.25, 0.3) is 11.5 Å². The Morgan fingerprint density at radius 3 is 2.90 bits per heavy atom. The van der Waals surface area contributed by atoms with Gasteiger partial charge in [-0.1, -0.05) is 35.0 Å². The van der Waals surface area contributed by atoms with Crippen LogP contribution >= 0.6 is 11.6 Å². The number of carbonyl (C=O) groups excluding carboxylic acids is 2. The molecule has 2 amide bonds. The Hall–Kier alpha value is -3.39. The molecule has 1 fully saturated rings. The molecule has 1 aliphatic heterocycles. The van der Waals surface area contributed by atoms with Crippen LogP contribution in [0.3, 0.4) is 0 Å². The van der Waals surface area contributed by atoms with Gasteiger partial charge in [-0.05, 0) is 36.8 Å². The number of halogens is 1.